The van der Waals surface area contributed by atoms with Crippen molar-refractivity contribution in [3.8, 4) is 0 Å². The summed E-state index contributed by atoms with van der Waals surface area (Å²) in [5.74, 6) is 0. The Hall–Kier alpha value is -1.63. The maximum atomic E-state index is 11.8. The van der Waals surface area contributed by atoms with Crippen LogP contribution in [0.25, 0.3) is 0 Å². The summed E-state index contributed by atoms with van der Waals surface area (Å²) in [6, 6.07) is 9.86. The van der Waals surface area contributed by atoms with E-state index in [-0.39, 0.29) is 31.5 Å². The van der Waals surface area contributed by atoms with Gasteiger partial charge in [0.05, 0.1) is 25.4 Å². The molecule has 0 radical (unpaired) electrons. The molecule has 0 bridgehead atoms. The molecular formula is C18H27NO5. The predicted octanol–water partition coefficient (Wildman–Crippen LogP) is 2.25. The number of amides is 1. The van der Waals surface area contributed by atoms with Crippen LogP contribution in [0.2, 0.25) is 0 Å². The Kier molecular flexibility index (Phi) is 6.60. The minimum absolute atomic E-state index is 0.0614. The molecule has 0 spiro atoms. The zero-order valence-electron chi connectivity index (χ0n) is 14.5. The molecule has 1 aliphatic heterocycles. The van der Waals surface area contributed by atoms with Crippen LogP contribution in [-0.2, 0) is 20.8 Å². The zero-order valence-corrected chi connectivity index (χ0v) is 14.5. The second-order valence-corrected chi connectivity index (χ2v) is 6.93. The molecule has 0 aromatic heterocycles. The standard InChI is InChI=1S/C18H27NO5/c1-18(2,3)24-17(21)19-10-16-15(9-14(11-20)23-16)22-12-13-7-5-4-6-8-13/h4-8,14-16,20H,9-12H2,1-3H3,(H,19,21)/t14-,15+,16-/m1/s1. The molecule has 1 saturated heterocycles. The number of carbonyl (C=O) groups is 1. The molecule has 1 aromatic carbocycles. The largest absolute Gasteiger partial charge is 0.444 e. The molecule has 2 rings (SSSR count). The molecule has 0 unspecified atom stereocenters. The van der Waals surface area contributed by atoms with Gasteiger partial charge in [-0.15, -0.1) is 0 Å². The molecular weight excluding hydrogens is 310 g/mol. The third kappa shape index (κ3) is 6.11. The second-order valence-electron chi connectivity index (χ2n) is 6.93. The zero-order chi connectivity index (χ0) is 17.6. The molecule has 3 atom stereocenters. The van der Waals surface area contributed by atoms with Gasteiger partial charge in [-0.05, 0) is 26.3 Å². The van der Waals surface area contributed by atoms with E-state index in [1.807, 2.05) is 51.1 Å². The minimum Gasteiger partial charge on any atom is -0.444 e. The van der Waals surface area contributed by atoms with Crippen LogP contribution >= 0.6 is 0 Å². The van der Waals surface area contributed by atoms with E-state index in [2.05, 4.69) is 5.32 Å². The topological polar surface area (TPSA) is 77.0 Å². The molecule has 2 N–H and O–H groups in total. The number of hydrogen-bond donors (Lipinski definition) is 2. The lowest BCUT2D eigenvalue weighted by Gasteiger charge is -2.22. The van der Waals surface area contributed by atoms with E-state index < -0.39 is 11.7 Å². The van der Waals surface area contributed by atoms with Crippen LogP contribution in [0.5, 0.6) is 0 Å². The third-order valence-electron chi connectivity index (χ3n) is 3.63. The van der Waals surface area contributed by atoms with Crippen molar-refractivity contribution < 1.29 is 24.1 Å². The van der Waals surface area contributed by atoms with Crippen molar-refractivity contribution in [2.75, 3.05) is 13.2 Å². The van der Waals surface area contributed by atoms with Gasteiger partial charge in [0.15, 0.2) is 0 Å². The van der Waals surface area contributed by atoms with E-state index in [0.717, 1.165) is 5.56 Å². The highest BCUT2D eigenvalue weighted by molar-refractivity contribution is 5.67. The Morgan fingerprint density at radius 2 is 2.04 bits per heavy atom. The van der Waals surface area contributed by atoms with Gasteiger partial charge in [0, 0.05) is 13.0 Å². The van der Waals surface area contributed by atoms with Gasteiger partial charge in [-0.2, -0.15) is 0 Å². The molecule has 6 nitrogen and oxygen atoms in total. The number of alkyl carbamates (subject to hydrolysis) is 1. The lowest BCUT2D eigenvalue weighted by atomic mass is 10.1. The Morgan fingerprint density at radius 1 is 1.33 bits per heavy atom. The third-order valence-corrected chi connectivity index (χ3v) is 3.63. The van der Waals surface area contributed by atoms with Gasteiger partial charge in [-0.3, -0.25) is 0 Å². The Balaban J connectivity index is 1.85. The summed E-state index contributed by atoms with van der Waals surface area (Å²) >= 11 is 0. The summed E-state index contributed by atoms with van der Waals surface area (Å²) in [5, 5.41) is 12.0. The van der Waals surface area contributed by atoms with Gasteiger partial charge < -0.3 is 24.6 Å². The van der Waals surface area contributed by atoms with Crippen LogP contribution in [0.4, 0.5) is 4.79 Å². The quantitative estimate of drug-likeness (QED) is 0.832. The molecule has 134 valence electrons. The highest BCUT2D eigenvalue weighted by atomic mass is 16.6. The van der Waals surface area contributed by atoms with Gasteiger partial charge in [-0.25, -0.2) is 4.79 Å². The van der Waals surface area contributed by atoms with E-state index in [4.69, 9.17) is 14.2 Å². The Bertz CT molecular complexity index is 514. The summed E-state index contributed by atoms with van der Waals surface area (Å²) in [6.07, 6.45) is -0.642. The molecule has 6 heteroatoms. The van der Waals surface area contributed by atoms with Gasteiger partial charge in [0.2, 0.25) is 0 Å². The molecule has 0 aliphatic carbocycles. The number of ether oxygens (including phenoxy) is 3. The first kappa shape index (κ1) is 18.7. The lowest BCUT2D eigenvalue weighted by molar-refractivity contribution is -0.0364. The lowest BCUT2D eigenvalue weighted by Crippen LogP contribution is -2.40. The number of rotatable bonds is 6. The number of aliphatic hydroxyl groups excluding tert-OH is 1. The second kappa shape index (κ2) is 8.46. The summed E-state index contributed by atoms with van der Waals surface area (Å²) in [6.45, 7) is 6.12. The maximum absolute atomic E-state index is 11.8. The molecule has 0 saturated carbocycles. The first-order chi connectivity index (χ1) is 11.4. The summed E-state index contributed by atoms with van der Waals surface area (Å²) in [4.78, 5) is 11.8. The van der Waals surface area contributed by atoms with Crippen molar-refractivity contribution >= 4 is 6.09 Å². The molecule has 1 aromatic rings. The number of carbonyl (C=O) groups excluding carboxylic acids is 1. The molecule has 1 amide bonds. The normalized spacial score (nSPS) is 23.9. The van der Waals surface area contributed by atoms with Crippen LogP contribution in [0.3, 0.4) is 0 Å². The van der Waals surface area contributed by atoms with Crippen LogP contribution in [0.1, 0.15) is 32.8 Å². The number of benzene rings is 1. The van der Waals surface area contributed by atoms with Crippen LogP contribution in [0, 0.1) is 0 Å². The van der Waals surface area contributed by atoms with Crippen LogP contribution in [0.15, 0.2) is 30.3 Å². The molecule has 1 aliphatic rings. The van der Waals surface area contributed by atoms with E-state index in [9.17, 15) is 9.90 Å². The number of aliphatic hydroxyl groups is 1. The highest BCUT2D eigenvalue weighted by Gasteiger charge is 2.36. The fourth-order valence-electron chi connectivity index (χ4n) is 2.55. The fraction of sp³-hybridized carbons (Fsp3) is 0.611. The average molecular weight is 337 g/mol. The maximum Gasteiger partial charge on any atom is 0.407 e. The van der Waals surface area contributed by atoms with E-state index in [1.54, 1.807) is 0 Å². The van der Waals surface area contributed by atoms with Crippen molar-refractivity contribution in [2.45, 2.75) is 57.7 Å². The fourth-order valence-corrected chi connectivity index (χ4v) is 2.55. The van der Waals surface area contributed by atoms with Crippen molar-refractivity contribution in [3.63, 3.8) is 0 Å². The smallest absolute Gasteiger partial charge is 0.407 e. The SMILES string of the molecule is CC(C)(C)OC(=O)NC[C@H]1O[C@@H](CO)C[C@@H]1OCc1ccccc1. The number of hydrogen-bond acceptors (Lipinski definition) is 5. The van der Waals surface area contributed by atoms with Crippen molar-refractivity contribution in [1.82, 2.24) is 5.32 Å². The number of nitrogens with one attached hydrogen (secondary N) is 1. The minimum atomic E-state index is -0.544. The molecule has 1 fully saturated rings. The average Bonchev–Trinajstić information content (AvgIpc) is 2.93. The van der Waals surface area contributed by atoms with E-state index in [1.165, 1.54) is 0 Å². The van der Waals surface area contributed by atoms with E-state index >= 15 is 0 Å². The van der Waals surface area contributed by atoms with Gasteiger partial charge in [-0.1, -0.05) is 30.3 Å². The predicted molar refractivity (Wildman–Crippen MR) is 89.6 cm³/mol. The molecule has 24 heavy (non-hydrogen) atoms. The first-order valence-corrected chi connectivity index (χ1v) is 8.26. The van der Waals surface area contributed by atoms with Crippen LogP contribution in [-0.4, -0.2) is 48.3 Å². The summed E-state index contributed by atoms with van der Waals surface area (Å²) in [7, 11) is 0. The summed E-state index contributed by atoms with van der Waals surface area (Å²) in [5.41, 5.74) is 0.529. The monoisotopic (exact) mass is 337 g/mol. The van der Waals surface area contributed by atoms with Crippen molar-refractivity contribution in [1.29, 1.82) is 0 Å². The summed E-state index contributed by atoms with van der Waals surface area (Å²) < 4.78 is 16.9. The van der Waals surface area contributed by atoms with Gasteiger partial charge >= 0.3 is 6.09 Å². The van der Waals surface area contributed by atoms with E-state index in [0.29, 0.717) is 13.0 Å². The van der Waals surface area contributed by atoms with Crippen LogP contribution < -0.4 is 5.32 Å². The first-order valence-electron chi connectivity index (χ1n) is 8.26. The Morgan fingerprint density at radius 3 is 2.67 bits per heavy atom. The highest BCUT2D eigenvalue weighted by Crippen LogP contribution is 2.24. The Labute approximate surface area is 143 Å². The molecule has 1 heterocycles. The van der Waals surface area contributed by atoms with Gasteiger partial charge in [0.1, 0.15) is 11.7 Å². The van der Waals surface area contributed by atoms with Crippen molar-refractivity contribution in [2.24, 2.45) is 0 Å². The van der Waals surface area contributed by atoms with Crippen molar-refractivity contribution in [3.05, 3.63) is 35.9 Å². The van der Waals surface area contributed by atoms with Gasteiger partial charge in [0.25, 0.3) is 0 Å².